The average molecular weight is 293 g/mol. The molecule has 1 fully saturated rings. The number of nitrogens with one attached hydrogen (secondary N) is 2. The molecule has 0 radical (unpaired) electrons. The molecule has 0 unspecified atom stereocenters. The molecule has 1 amide bonds. The number of amides is 1. The van der Waals surface area contributed by atoms with E-state index in [1.54, 1.807) is 24.2 Å². The van der Waals surface area contributed by atoms with Crippen LogP contribution in [0.2, 0.25) is 0 Å². The number of hydrogen-bond donors (Lipinski definition) is 2. The van der Waals surface area contributed by atoms with E-state index in [2.05, 4.69) is 15.6 Å². The van der Waals surface area contributed by atoms with Crippen molar-refractivity contribution in [3.8, 4) is 0 Å². The van der Waals surface area contributed by atoms with Crippen molar-refractivity contribution in [2.45, 2.75) is 0 Å². The van der Waals surface area contributed by atoms with E-state index in [1.807, 2.05) is 7.05 Å². The molecule has 8 heteroatoms. The van der Waals surface area contributed by atoms with Gasteiger partial charge in [0.2, 0.25) is 0 Å². The van der Waals surface area contributed by atoms with Crippen molar-refractivity contribution in [1.29, 1.82) is 0 Å². The Kier molecular flexibility index (Phi) is 4.71. The van der Waals surface area contributed by atoms with E-state index in [1.165, 1.54) is 6.07 Å². The summed E-state index contributed by atoms with van der Waals surface area (Å²) in [4.78, 5) is 25.1. The monoisotopic (exact) mass is 293 g/mol. The summed E-state index contributed by atoms with van der Waals surface area (Å²) in [7, 11) is 3.60. The number of nitro groups is 1. The number of likely N-dealkylation sites (N-methyl/N-ethyl adjacent to an activating group) is 1. The molecule has 1 aliphatic heterocycles. The molecule has 0 aromatic heterocycles. The molecule has 1 aromatic carbocycles. The van der Waals surface area contributed by atoms with Crippen LogP contribution in [0.1, 0.15) is 10.4 Å². The van der Waals surface area contributed by atoms with Crippen LogP contribution in [0, 0.1) is 10.1 Å². The zero-order valence-electron chi connectivity index (χ0n) is 12.1. The van der Waals surface area contributed by atoms with Crippen molar-refractivity contribution >= 4 is 17.3 Å². The van der Waals surface area contributed by atoms with Gasteiger partial charge >= 0.3 is 5.69 Å². The first-order valence-electron chi connectivity index (χ1n) is 6.72. The molecule has 1 aromatic rings. The predicted molar refractivity (Wildman–Crippen MR) is 79.2 cm³/mol. The Bertz CT molecular complexity index is 541. The minimum absolute atomic E-state index is 0.0609. The molecule has 2 N–H and O–H groups in total. The second-order valence-corrected chi connectivity index (χ2v) is 4.94. The van der Waals surface area contributed by atoms with Gasteiger partial charge < -0.3 is 10.2 Å². The number of nitro benzene ring substituents is 1. The Hall–Kier alpha value is -2.19. The molecule has 1 saturated heterocycles. The van der Waals surface area contributed by atoms with Crippen molar-refractivity contribution in [3.63, 3.8) is 0 Å². The number of carbonyl (C=O) groups is 1. The maximum Gasteiger partial charge on any atom is 0.305 e. The number of hydrogen-bond acceptors (Lipinski definition) is 6. The van der Waals surface area contributed by atoms with Crippen LogP contribution in [0.4, 0.5) is 11.4 Å². The molecule has 2 rings (SSSR count). The van der Waals surface area contributed by atoms with Gasteiger partial charge in [0.1, 0.15) is 11.3 Å². The maximum absolute atomic E-state index is 12.3. The van der Waals surface area contributed by atoms with Gasteiger partial charge in [-0.05, 0) is 19.2 Å². The molecule has 0 bridgehead atoms. The van der Waals surface area contributed by atoms with Crippen molar-refractivity contribution in [2.24, 2.45) is 0 Å². The molecule has 114 valence electrons. The fraction of sp³-hybridized carbons (Fsp3) is 0.462. The van der Waals surface area contributed by atoms with Gasteiger partial charge in [-0.3, -0.25) is 20.3 Å². The highest BCUT2D eigenvalue weighted by Gasteiger charge is 2.25. The van der Waals surface area contributed by atoms with Crippen LogP contribution in [0.5, 0.6) is 0 Å². The molecular formula is C13H19N5O3. The first-order chi connectivity index (χ1) is 10.0. The number of carbonyl (C=O) groups excluding carboxylic acids is 1. The summed E-state index contributed by atoms with van der Waals surface area (Å²) in [6, 6.07) is 4.66. The summed E-state index contributed by atoms with van der Waals surface area (Å²) in [6.07, 6.45) is 0. The second kappa shape index (κ2) is 6.51. The highest BCUT2D eigenvalue weighted by atomic mass is 16.6. The van der Waals surface area contributed by atoms with Crippen molar-refractivity contribution in [1.82, 2.24) is 15.3 Å². The smallest absolute Gasteiger partial charge is 0.305 e. The van der Waals surface area contributed by atoms with Gasteiger partial charge in [0, 0.05) is 33.2 Å². The van der Waals surface area contributed by atoms with E-state index in [0.717, 1.165) is 13.1 Å². The Morgan fingerprint density at radius 1 is 1.29 bits per heavy atom. The zero-order valence-corrected chi connectivity index (χ0v) is 12.1. The summed E-state index contributed by atoms with van der Waals surface area (Å²) in [5.41, 5.74) is 2.92. The van der Waals surface area contributed by atoms with Gasteiger partial charge in [0.15, 0.2) is 0 Å². The molecule has 0 saturated carbocycles. The second-order valence-electron chi connectivity index (χ2n) is 4.94. The molecule has 1 aliphatic rings. The van der Waals surface area contributed by atoms with Crippen LogP contribution in [-0.4, -0.2) is 61.0 Å². The lowest BCUT2D eigenvalue weighted by molar-refractivity contribution is -0.384. The SMILES string of the molecule is CNc1cccc(C(=O)NN2CCN(C)CC2)c1[N+](=O)[O-]. The molecule has 1 heterocycles. The van der Waals surface area contributed by atoms with Gasteiger partial charge in [-0.2, -0.15) is 0 Å². The third kappa shape index (κ3) is 3.47. The van der Waals surface area contributed by atoms with E-state index in [-0.39, 0.29) is 11.3 Å². The lowest BCUT2D eigenvalue weighted by atomic mass is 10.1. The maximum atomic E-state index is 12.3. The van der Waals surface area contributed by atoms with E-state index in [9.17, 15) is 14.9 Å². The first kappa shape index (κ1) is 15.2. The number of nitrogens with zero attached hydrogens (tertiary/aromatic N) is 3. The lowest BCUT2D eigenvalue weighted by Gasteiger charge is -2.32. The molecule has 0 spiro atoms. The van der Waals surface area contributed by atoms with Gasteiger partial charge in [-0.1, -0.05) is 6.07 Å². The van der Waals surface area contributed by atoms with Crippen LogP contribution in [0.15, 0.2) is 18.2 Å². The van der Waals surface area contributed by atoms with Gasteiger partial charge in [-0.15, -0.1) is 0 Å². The molecular weight excluding hydrogens is 274 g/mol. The minimum atomic E-state index is -0.537. The lowest BCUT2D eigenvalue weighted by Crippen LogP contribution is -2.52. The van der Waals surface area contributed by atoms with Crippen LogP contribution in [0.25, 0.3) is 0 Å². The van der Waals surface area contributed by atoms with Crippen LogP contribution in [-0.2, 0) is 0 Å². The number of benzene rings is 1. The van der Waals surface area contributed by atoms with Crippen LogP contribution < -0.4 is 10.7 Å². The quantitative estimate of drug-likeness (QED) is 0.621. The van der Waals surface area contributed by atoms with Gasteiger partial charge in [-0.25, -0.2) is 5.01 Å². The minimum Gasteiger partial charge on any atom is -0.383 e. The summed E-state index contributed by atoms with van der Waals surface area (Å²) >= 11 is 0. The summed E-state index contributed by atoms with van der Waals surface area (Å²) < 4.78 is 0. The Labute approximate surface area is 122 Å². The van der Waals surface area contributed by atoms with E-state index in [0.29, 0.717) is 18.8 Å². The number of para-hydroxylation sites is 1. The third-order valence-electron chi connectivity index (χ3n) is 3.50. The topological polar surface area (TPSA) is 90.8 Å². The van der Waals surface area contributed by atoms with Crippen LogP contribution in [0.3, 0.4) is 0 Å². The van der Waals surface area contributed by atoms with E-state index < -0.39 is 10.8 Å². The molecule has 21 heavy (non-hydrogen) atoms. The largest absolute Gasteiger partial charge is 0.383 e. The van der Waals surface area contributed by atoms with Crippen molar-refractivity contribution in [2.75, 3.05) is 45.6 Å². The van der Waals surface area contributed by atoms with Crippen molar-refractivity contribution in [3.05, 3.63) is 33.9 Å². The highest BCUT2D eigenvalue weighted by molar-refractivity contribution is 6.00. The number of anilines is 1. The van der Waals surface area contributed by atoms with Crippen molar-refractivity contribution < 1.29 is 9.72 Å². The summed E-state index contributed by atoms with van der Waals surface area (Å²) in [6.45, 7) is 3.08. The molecule has 0 atom stereocenters. The van der Waals surface area contributed by atoms with E-state index >= 15 is 0 Å². The highest BCUT2D eigenvalue weighted by Crippen LogP contribution is 2.28. The predicted octanol–water partition coefficient (Wildman–Crippen LogP) is 0.529. The third-order valence-corrected chi connectivity index (χ3v) is 3.50. The fourth-order valence-electron chi connectivity index (χ4n) is 2.25. The first-order valence-corrected chi connectivity index (χ1v) is 6.72. The summed E-state index contributed by atoms with van der Waals surface area (Å²) in [5.74, 6) is -0.455. The normalized spacial score (nSPS) is 16.5. The zero-order chi connectivity index (χ0) is 15.4. The van der Waals surface area contributed by atoms with E-state index in [4.69, 9.17) is 0 Å². The van der Waals surface area contributed by atoms with Gasteiger partial charge in [0.05, 0.1) is 4.92 Å². The Morgan fingerprint density at radius 2 is 1.95 bits per heavy atom. The molecule has 8 nitrogen and oxygen atoms in total. The number of piperazine rings is 1. The fourth-order valence-corrected chi connectivity index (χ4v) is 2.25. The Balaban J connectivity index is 2.17. The Morgan fingerprint density at radius 3 is 2.52 bits per heavy atom. The van der Waals surface area contributed by atoms with Crippen LogP contribution >= 0.6 is 0 Å². The van der Waals surface area contributed by atoms with Gasteiger partial charge in [0.25, 0.3) is 5.91 Å². The number of rotatable bonds is 4. The number of hydrazine groups is 1. The standard InChI is InChI=1S/C13H19N5O3/c1-14-11-5-3-4-10(12(11)18(20)21)13(19)15-17-8-6-16(2)7-9-17/h3-5,14H,6-9H2,1-2H3,(H,15,19). The molecule has 0 aliphatic carbocycles. The summed E-state index contributed by atoms with van der Waals surface area (Å²) in [5, 5.41) is 15.7. The average Bonchev–Trinajstić information content (AvgIpc) is 2.48.